The number of carbonyl (C=O) groups excluding carboxylic acids is 1. The van der Waals surface area contributed by atoms with Gasteiger partial charge in [-0.3, -0.25) is 4.79 Å². The fraction of sp³-hybridized carbons (Fsp3) is 0.417. The van der Waals surface area contributed by atoms with E-state index in [9.17, 15) is 18.0 Å². The molecule has 0 saturated carbocycles. The number of anilines is 1. The van der Waals surface area contributed by atoms with Crippen LogP contribution in [0.1, 0.15) is 18.4 Å². The highest BCUT2D eigenvalue weighted by Gasteiger charge is 2.26. The van der Waals surface area contributed by atoms with E-state index in [1.54, 1.807) is 18.2 Å². The van der Waals surface area contributed by atoms with Crippen molar-refractivity contribution in [2.75, 3.05) is 12.3 Å². The van der Waals surface area contributed by atoms with Crippen LogP contribution >= 0.6 is 0 Å². The van der Waals surface area contributed by atoms with Crippen LogP contribution in [0, 0.1) is 0 Å². The number of halogens is 3. The van der Waals surface area contributed by atoms with Gasteiger partial charge in [-0.1, -0.05) is 12.1 Å². The lowest BCUT2D eigenvalue weighted by Gasteiger charge is -2.08. The zero-order valence-electron chi connectivity index (χ0n) is 9.76. The van der Waals surface area contributed by atoms with E-state index >= 15 is 0 Å². The quantitative estimate of drug-likeness (QED) is 0.798. The largest absolute Gasteiger partial charge is 0.399 e. The van der Waals surface area contributed by atoms with E-state index in [1.807, 2.05) is 6.07 Å². The lowest BCUT2D eigenvalue weighted by atomic mass is 10.1. The number of nitrogens with two attached hydrogens (primary N) is 1. The van der Waals surface area contributed by atoms with E-state index in [2.05, 4.69) is 5.32 Å². The summed E-state index contributed by atoms with van der Waals surface area (Å²) in [5.74, 6) is -0.387. The van der Waals surface area contributed by atoms with Crippen molar-refractivity contribution >= 4 is 11.6 Å². The van der Waals surface area contributed by atoms with Gasteiger partial charge in [0.2, 0.25) is 5.91 Å². The highest BCUT2D eigenvalue weighted by molar-refractivity contribution is 5.76. The summed E-state index contributed by atoms with van der Waals surface area (Å²) < 4.78 is 35.5. The van der Waals surface area contributed by atoms with Gasteiger partial charge in [-0.25, -0.2) is 0 Å². The van der Waals surface area contributed by atoms with E-state index in [1.165, 1.54) is 0 Å². The first-order chi connectivity index (χ1) is 8.37. The van der Waals surface area contributed by atoms with Crippen molar-refractivity contribution in [3.63, 3.8) is 0 Å². The molecule has 1 rings (SSSR count). The van der Waals surface area contributed by atoms with Crippen LogP contribution in [0.15, 0.2) is 24.3 Å². The Kier molecular flexibility index (Phi) is 5.00. The van der Waals surface area contributed by atoms with Crippen LogP contribution in [0.5, 0.6) is 0 Å². The van der Waals surface area contributed by atoms with Crippen molar-refractivity contribution < 1.29 is 18.0 Å². The highest BCUT2D eigenvalue weighted by atomic mass is 19.4. The summed E-state index contributed by atoms with van der Waals surface area (Å²) in [5, 5.41) is 2.23. The van der Waals surface area contributed by atoms with Gasteiger partial charge in [0.05, 0.1) is 6.42 Å². The van der Waals surface area contributed by atoms with Gasteiger partial charge in [0, 0.05) is 18.7 Å². The molecule has 1 aromatic carbocycles. The number of nitrogen functional groups attached to an aromatic ring is 1. The minimum Gasteiger partial charge on any atom is -0.399 e. The minimum atomic E-state index is -4.23. The van der Waals surface area contributed by atoms with Crippen molar-refractivity contribution in [2.45, 2.75) is 25.4 Å². The number of nitrogens with one attached hydrogen (secondary N) is 1. The van der Waals surface area contributed by atoms with Crippen LogP contribution in [0.25, 0.3) is 0 Å². The molecule has 0 aliphatic heterocycles. The molecule has 0 saturated heterocycles. The Morgan fingerprint density at radius 3 is 2.67 bits per heavy atom. The predicted molar refractivity (Wildman–Crippen MR) is 62.9 cm³/mol. The molecular weight excluding hydrogens is 245 g/mol. The average molecular weight is 260 g/mol. The number of hydrogen-bond acceptors (Lipinski definition) is 2. The first-order valence-corrected chi connectivity index (χ1v) is 5.55. The zero-order chi connectivity index (χ0) is 13.6. The van der Waals surface area contributed by atoms with Gasteiger partial charge in [0.25, 0.3) is 0 Å². The molecule has 0 atom stereocenters. The summed E-state index contributed by atoms with van der Waals surface area (Å²) in [4.78, 5) is 11.3. The number of benzene rings is 1. The Hall–Kier alpha value is -1.72. The minimum absolute atomic E-state index is 0.154. The molecule has 0 aromatic heterocycles. The molecule has 0 heterocycles. The summed E-state index contributed by atoms with van der Waals surface area (Å²) in [6.45, 7) is -0.376. The molecule has 1 amide bonds. The average Bonchev–Trinajstić information content (AvgIpc) is 2.25. The van der Waals surface area contributed by atoms with Crippen molar-refractivity contribution in [2.24, 2.45) is 0 Å². The SMILES string of the molecule is Nc1cccc(CCC(=O)NCCC(F)(F)F)c1. The molecule has 0 bridgehead atoms. The third-order valence-corrected chi connectivity index (χ3v) is 2.32. The van der Waals surface area contributed by atoms with E-state index in [0.717, 1.165) is 5.56 Å². The van der Waals surface area contributed by atoms with Gasteiger partial charge < -0.3 is 11.1 Å². The Balaban J connectivity index is 2.25. The number of amides is 1. The summed E-state index contributed by atoms with van der Waals surface area (Å²) >= 11 is 0. The van der Waals surface area contributed by atoms with Crippen LogP contribution < -0.4 is 11.1 Å². The summed E-state index contributed by atoms with van der Waals surface area (Å²) in [7, 11) is 0. The molecule has 0 unspecified atom stereocenters. The second-order valence-corrected chi connectivity index (χ2v) is 3.96. The molecule has 0 aliphatic rings. The maximum absolute atomic E-state index is 11.8. The second kappa shape index (κ2) is 6.28. The van der Waals surface area contributed by atoms with E-state index in [-0.39, 0.29) is 18.9 Å². The Morgan fingerprint density at radius 2 is 2.06 bits per heavy atom. The third-order valence-electron chi connectivity index (χ3n) is 2.32. The van der Waals surface area contributed by atoms with Crippen LogP contribution in [-0.4, -0.2) is 18.6 Å². The van der Waals surface area contributed by atoms with Crippen LogP contribution in [-0.2, 0) is 11.2 Å². The highest BCUT2D eigenvalue weighted by Crippen LogP contribution is 2.18. The van der Waals surface area contributed by atoms with E-state index < -0.39 is 12.6 Å². The number of rotatable bonds is 5. The zero-order valence-corrected chi connectivity index (χ0v) is 9.76. The van der Waals surface area contributed by atoms with Crippen LogP contribution in [0.3, 0.4) is 0 Å². The lowest BCUT2D eigenvalue weighted by molar-refractivity contribution is -0.135. The van der Waals surface area contributed by atoms with Crippen molar-refractivity contribution in [3.05, 3.63) is 29.8 Å². The van der Waals surface area contributed by atoms with E-state index in [4.69, 9.17) is 5.73 Å². The van der Waals surface area contributed by atoms with Gasteiger partial charge in [0.1, 0.15) is 0 Å². The molecular formula is C12H15F3N2O. The van der Waals surface area contributed by atoms with Crippen molar-refractivity contribution in [3.8, 4) is 0 Å². The molecule has 0 fully saturated rings. The molecule has 1 aromatic rings. The van der Waals surface area contributed by atoms with Crippen molar-refractivity contribution in [1.82, 2.24) is 5.32 Å². The molecule has 3 nitrogen and oxygen atoms in total. The van der Waals surface area contributed by atoms with Crippen LogP contribution in [0.4, 0.5) is 18.9 Å². The fourth-order valence-electron chi connectivity index (χ4n) is 1.44. The molecule has 0 radical (unpaired) electrons. The lowest BCUT2D eigenvalue weighted by Crippen LogP contribution is -2.28. The van der Waals surface area contributed by atoms with Gasteiger partial charge in [0.15, 0.2) is 0 Å². The molecule has 100 valence electrons. The van der Waals surface area contributed by atoms with Crippen LogP contribution in [0.2, 0.25) is 0 Å². The maximum Gasteiger partial charge on any atom is 0.390 e. The molecule has 0 aliphatic carbocycles. The molecule has 0 spiro atoms. The number of hydrogen-bond donors (Lipinski definition) is 2. The normalized spacial score (nSPS) is 11.3. The van der Waals surface area contributed by atoms with Gasteiger partial charge in [-0.2, -0.15) is 13.2 Å². The monoisotopic (exact) mass is 260 g/mol. The molecule has 18 heavy (non-hydrogen) atoms. The summed E-state index contributed by atoms with van der Waals surface area (Å²) in [6.07, 6.45) is -4.62. The fourth-order valence-corrected chi connectivity index (χ4v) is 1.44. The Bertz CT molecular complexity index is 405. The summed E-state index contributed by atoms with van der Waals surface area (Å²) in [5.41, 5.74) is 7.06. The molecule has 3 N–H and O–H groups in total. The van der Waals surface area contributed by atoms with E-state index in [0.29, 0.717) is 12.1 Å². The maximum atomic E-state index is 11.8. The van der Waals surface area contributed by atoms with Gasteiger partial charge in [-0.05, 0) is 24.1 Å². The molecule has 6 heteroatoms. The third kappa shape index (κ3) is 6.12. The summed E-state index contributed by atoms with van der Waals surface area (Å²) in [6, 6.07) is 7.06. The smallest absolute Gasteiger partial charge is 0.390 e. The second-order valence-electron chi connectivity index (χ2n) is 3.96. The first kappa shape index (κ1) is 14.3. The van der Waals surface area contributed by atoms with Crippen molar-refractivity contribution in [1.29, 1.82) is 0 Å². The first-order valence-electron chi connectivity index (χ1n) is 5.55. The van der Waals surface area contributed by atoms with Gasteiger partial charge >= 0.3 is 6.18 Å². The van der Waals surface area contributed by atoms with Gasteiger partial charge in [-0.15, -0.1) is 0 Å². The number of alkyl halides is 3. The standard InChI is InChI=1S/C12H15F3N2O/c13-12(14,15)6-7-17-11(18)5-4-9-2-1-3-10(16)8-9/h1-3,8H,4-7,16H2,(H,17,18). The topological polar surface area (TPSA) is 55.1 Å². The number of aryl methyl sites for hydroxylation is 1. The Labute approximate surface area is 103 Å². The number of carbonyl (C=O) groups is 1. The predicted octanol–water partition coefficient (Wildman–Crippen LogP) is 2.27. The Morgan fingerprint density at radius 1 is 1.33 bits per heavy atom.